The molecule has 0 aliphatic rings. The van der Waals surface area contributed by atoms with E-state index in [4.69, 9.17) is 10.2 Å². The zero-order valence-corrected chi connectivity index (χ0v) is 9.36. The first-order chi connectivity index (χ1) is 6.69. The van der Waals surface area contributed by atoms with Gasteiger partial charge in [-0.2, -0.15) is 0 Å². The first-order valence-corrected chi connectivity index (χ1v) is 4.50. The highest BCUT2D eigenvalue weighted by molar-refractivity contribution is 5.79. The van der Waals surface area contributed by atoms with Gasteiger partial charge in [-0.3, -0.25) is 4.79 Å². The molecule has 0 aromatic heterocycles. The summed E-state index contributed by atoms with van der Waals surface area (Å²) >= 11 is 0. The van der Waals surface area contributed by atoms with E-state index >= 15 is 0 Å². The molecule has 0 atom stereocenters. The Kier molecular flexibility index (Phi) is 8.57. The van der Waals surface area contributed by atoms with Gasteiger partial charge in [-0.25, -0.2) is 4.79 Å². The average Bonchev–Trinajstić information content (AvgIpc) is 2.02. The Morgan fingerprint density at radius 1 is 1.27 bits per heavy atom. The summed E-state index contributed by atoms with van der Waals surface area (Å²) in [6.45, 7) is 5.93. The summed E-state index contributed by atoms with van der Waals surface area (Å²) in [6, 6.07) is 0. The maximum atomic E-state index is 10.00. The van der Waals surface area contributed by atoms with Crippen molar-refractivity contribution in [3.8, 4) is 0 Å². The van der Waals surface area contributed by atoms with Gasteiger partial charge in [0.1, 0.15) is 0 Å². The minimum Gasteiger partial charge on any atom is -0.480 e. The molecule has 0 fully saturated rings. The van der Waals surface area contributed by atoms with Crippen LogP contribution in [0.5, 0.6) is 0 Å². The van der Waals surface area contributed by atoms with Gasteiger partial charge < -0.3 is 15.9 Å². The van der Waals surface area contributed by atoms with Crippen LogP contribution in [0.2, 0.25) is 0 Å². The molecule has 0 aromatic carbocycles. The fourth-order valence-corrected chi connectivity index (χ4v) is 0.513. The average molecular weight is 217 g/mol. The molecule has 0 rings (SSSR count). The van der Waals surface area contributed by atoms with E-state index in [1.165, 1.54) is 6.08 Å². The molecule has 15 heavy (non-hydrogen) atoms. The lowest BCUT2D eigenvalue weighted by atomic mass is 9.92. The number of rotatable bonds is 3. The van der Waals surface area contributed by atoms with Gasteiger partial charge in [0.05, 0.1) is 6.54 Å². The van der Waals surface area contributed by atoms with Crippen LogP contribution in [0.3, 0.4) is 0 Å². The van der Waals surface area contributed by atoms with Crippen molar-refractivity contribution in [2.24, 2.45) is 11.1 Å². The molecule has 0 aliphatic carbocycles. The van der Waals surface area contributed by atoms with E-state index in [1.54, 1.807) is 6.08 Å². The second-order valence-corrected chi connectivity index (χ2v) is 4.10. The molecule has 0 saturated heterocycles. The van der Waals surface area contributed by atoms with Crippen molar-refractivity contribution in [3.63, 3.8) is 0 Å². The number of allylic oxidation sites excluding steroid dienone is 1. The number of nitrogens with two attached hydrogens (primary N) is 1. The maximum absolute atomic E-state index is 10.00. The normalized spacial score (nSPS) is 10.7. The Bertz CT molecular complexity index is 228. The van der Waals surface area contributed by atoms with Crippen LogP contribution in [0.4, 0.5) is 0 Å². The third kappa shape index (κ3) is 24.5. The van der Waals surface area contributed by atoms with Gasteiger partial charge in [-0.1, -0.05) is 26.8 Å². The summed E-state index contributed by atoms with van der Waals surface area (Å²) in [4.78, 5) is 19.2. The molecular weight excluding hydrogens is 198 g/mol. The maximum Gasteiger partial charge on any atom is 0.327 e. The van der Waals surface area contributed by atoms with Gasteiger partial charge in [-0.05, 0) is 11.8 Å². The van der Waals surface area contributed by atoms with Crippen molar-refractivity contribution in [2.45, 2.75) is 27.2 Å². The van der Waals surface area contributed by atoms with E-state index in [0.29, 0.717) is 0 Å². The fourth-order valence-electron chi connectivity index (χ4n) is 0.513. The SMILES string of the molecule is CC(C)(C)CC=CC(=O)O.NCC(=O)O. The topological polar surface area (TPSA) is 101 Å². The van der Waals surface area contributed by atoms with E-state index < -0.39 is 11.9 Å². The number of hydrogen-bond acceptors (Lipinski definition) is 3. The van der Waals surface area contributed by atoms with Crippen LogP contribution in [0.25, 0.3) is 0 Å². The van der Waals surface area contributed by atoms with Crippen molar-refractivity contribution >= 4 is 11.9 Å². The first-order valence-electron chi connectivity index (χ1n) is 4.50. The number of carboxylic acids is 2. The van der Waals surface area contributed by atoms with Gasteiger partial charge in [0, 0.05) is 6.08 Å². The zero-order valence-electron chi connectivity index (χ0n) is 9.36. The Labute approximate surface area is 89.6 Å². The largest absolute Gasteiger partial charge is 0.480 e. The van der Waals surface area contributed by atoms with Crippen LogP contribution >= 0.6 is 0 Å². The Balaban J connectivity index is 0. The fraction of sp³-hybridized carbons (Fsp3) is 0.600. The van der Waals surface area contributed by atoms with E-state index in [0.717, 1.165) is 6.42 Å². The second-order valence-electron chi connectivity index (χ2n) is 4.10. The molecule has 4 N–H and O–H groups in total. The molecule has 0 amide bonds. The molecule has 0 unspecified atom stereocenters. The molecule has 0 bridgehead atoms. The van der Waals surface area contributed by atoms with Crippen molar-refractivity contribution in [2.75, 3.05) is 6.54 Å². The van der Waals surface area contributed by atoms with Crippen LogP contribution in [-0.2, 0) is 9.59 Å². The Hall–Kier alpha value is -1.36. The molecule has 88 valence electrons. The number of aliphatic carboxylic acids is 2. The third-order valence-electron chi connectivity index (χ3n) is 1.17. The van der Waals surface area contributed by atoms with Gasteiger partial charge in [-0.15, -0.1) is 0 Å². The highest BCUT2D eigenvalue weighted by atomic mass is 16.4. The highest BCUT2D eigenvalue weighted by Crippen LogP contribution is 2.18. The summed E-state index contributed by atoms with van der Waals surface area (Å²) in [5, 5.41) is 15.8. The Morgan fingerprint density at radius 2 is 1.67 bits per heavy atom. The molecule has 0 aliphatic heterocycles. The molecular formula is C10H19NO4. The molecule has 5 heteroatoms. The third-order valence-corrected chi connectivity index (χ3v) is 1.17. The molecule has 0 aromatic rings. The predicted octanol–water partition coefficient (Wildman–Crippen LogP) is 1.09. The van der Waals surface area contributed by atoms with E-state index in [1.807, 2.05) is 0 Å². The van der Waals surface area contributed by atoms with Crippen molar-refractivity contribution < 1.29 is 19.8 Å². The molecule has 0 heterocycles. The quantitative estimate of drug-likeness (QED) is 0.614. The Morgan fingerprint density at radius 3 is 1.87 bits per heavy atom. The summed E-state index contributed by atoms with van der Waals surface area (Å²) in [7, 11) is 0. The summed E-state index contributed by atoms with van der Waals surface area (Å²) in [6.07, 6.45) is 3.67. The van der Waals surface area contributed by atoms with Gasteiger partial charge in [0.25, 0.3) is 0 Å². The molecule has 5 nitrogen and oxygen atoms in total. The van der Waals surface area contributed by atoms with Crippen LogP contribution in [0.1, 0.15) is 27.2 Å². The highest BCUT2D eigenvalue weighted by Gasteiger charge is 2.06. The number of carboxylic acid groups (broad SMARTS) is 2. The van der Waals surface area contributed by atoms with E-state index in [-0.39, 0.29) is 12.0 Å². The van der Waals surface area contributed by atoms with Crippen molar-refractivity contribution in [1.29, 1.82) is 0 Å². The predicted molar refractivity (Wildman–Crippen MR) is 57.5 cm³/mol. The van der Waals surface area contributed by atoms with Crippen LogP contribution in [0.15, 0.2) is 12.2 Å². The van der Waals surface area contributed by atoms with Crippen LogP contribution in [0, 0.1) is 5.41 Å². The second kappa shape index (κ2) is 7.99. The van der Waals surface area contributed by atoms with Gasteiger partial charge >= 0.3 is 11.9 Å². The molecule has 0 radical (unpaired) electrons. The smallest absolute Gasteiger partial charge is 0.327 e. The van der Waals surface area contributed by atoms with E-state index in [2.05, 4.69) is 26.5 Å². The lowest BCUT2D eigenvalue weighted by molar-refractivity contribution is -0.135. The molecule has 0 spiro atoms. The standard InChI is InChI=1S/C8H14O2.C2H5NO2/c1-8(2,3)6-4-5-7(9)10;3-1-2(4)5/h4-5H,6H2,1-3H3,(H,9,10);1,3H2,(H,4,5). The first kappa shape index (κ1) is 16.1. The minimum absolute atomic E-state index is 0.186. The minimum atomic E-state index is -0.968. The van der Waals surface area contributed by atoms with Crippen LogP contribution in [-0.4, -0.2) is 28.7 Å². The van der Waals surface area contributed by atoms with Gasteiger partial charge in [0.2, 0.25) is 0 Å². The monoisotopic (exact) mass is 217 g/mol. The zero-order chi connectivity index (χ0) is 12.5. The molecule has 0 saturated carbocycles. The lowest BCUT2D eigenvalue weighted by Crippen LogP contribution is -2.10. The van der Waals surface area contributed by atoms with Crippen LogP contribution < -0.4 is 5.73 Å². The number of hydrogen-bond donors (Lipinski definition) is 3. The summed E-state index contributed by atoms with van der Waals surface area (Å²) in [5.41, 5.74) is 4.76. The summed E-state index contributed by atoms with van der Waals surface area (Å²) in [5.74, 6) is -1.84. The van der Waals surface area contributed by atoms with Crippen molar-refractivity contribution in [1.82, 2.24) is 0 Å². The number of carbonyl (C=O) groups is 2. The summed E-state index contributed by atoms with van der Waals surface area (Å²) < 4.78 is 0. The van der Waals surface area contributed by atoms with Crippen molar-refractivity contribution in [3.05, 3.63) is 12.2 Å². The lowest BCUT2D eigenvalue weighted by Gasteiger charge is -2.13. The van der Waals surface area contributed by atoms with E-state index in [9.17, 15) is 9.59 Å². The van der Waals surface area contributed by atoms with Gasteiger partial charge in [0.15, 0.2) is 0 Å².